The van der Waals surface area contributed by atoms with E-state index in [1.54, 1.807) is 24.7 Å². The highest BCUT2D eigenvalue weighted by Crippen LogP contribution is 2.34. The molecule has 0 aliphatic carbocycles. The molecule has 0 amide bonds. The van der Waals surface area contributed by atoms with Crippen LogP contribution in [0.3, 0.4) is 0 Å². The van der Waals surface area contributed by atoms with Crippen molar-refractivity contribution in [2.45, 2.75) is 12.8 Å². The van der Waals surface area contributed by atoms with Crippen LogP contribution in [0.2, 0.25) is 5.02 Å². The number of aromatic nitrogens is 6. The van der Waals surface area contributed by atoms with Crippen molar-refractivity contribution in [1.29, 1.82) is 5.26 Å². The molecule has 1 aliphatic heterocycles. The Labute approximate surface area is 217 Å². The standard InChI is InChI=1S/C26H22ClN9O/c1-35-15-32-20-11-18(3-4-22(20)35)37-23-5-2-17(10-19(23)27)33-25-24-21(30-14-31-25)12-29-26(34-24)36-9-7-16(13-36)6-8-28/h2-5,10-12,14-16H,6-7,9,13H2,1H3,(H,30,31,33)/t16-/m0/s1. The third kappa shape index (κ3) is 4.57. The smallest absolute Gasteiger partial charge is 0.226 e. The predicted molar refractivity (Wildman–Crippen MR) is 141 cm³/mol. The molecule has 0 saturated carbocycles. The molecule has 0 unspecified atom stereocenters. The summed E-state index contributed by atoms with van der Waals surface area (Å²) in [6, 6.07) is 13.4. The van der Waals surface area contributed by atoms with Crippen LogP contribution in [0, 0.1) is 17.2 Å². The van der Waals surface area contributed by atoms with Crippen LogP contribution in [0.5, 0.6) is 11.5 Å². The minimum atomic E-state index is 0.336. The highest BCUT2D eigenvalue weighted by molar-refractivity contribution is 6.32. The van der Waals surface area contributed by atoms with Crippen LogP contribution in [-0.2, 0) is 7.05 Å². The van der Waals surface area contributed by atoms with Gasteiger partial charge in [-0.1, -0.05) is 11.6 Å². The van der Waals surface area contributed by atoms with Crippen LogP contribution in [0.4, 0.5) is 17.5 Å². The van der Waals surface area contributed by atoms with Gasteiger partial charge < -0.3 is 19.5 Å². The van der Waals surface area contributed by atoms with Crippen LogP contribution in [0.15, 0.2) is 55.2 Å². The molecule has 1 fully saturated rings. The fourth-order valence-electron chi connectivity index (χ4n) is 4.50. The number of aryl methyl sites for hydroxylation is 1. The van der Waals surface area contributed by atoms with Crippen molar-refractivity contribution in [2.75, 3.05) is 23.3 Å². The second-order valence-corrected chi connectivity index (χ2v) is 9.37. The van der Waals surface area contributed by atoms with Crippen molar-refractivity contribution in [3.8, 4) is 17.6 Å². The Bertz CT molecular complexity index is 1660. The zero-order chi connectivity index (χ0) is 25.4. The Balaban J connectivity index is 1.23. The molecule has 10 nitrogen and oxygen atoms in total. The molecule has 1 saturated heterocycles. The van der Waals surface area contributed by atoms with Crippen LogP contribution in [0.25, 0.3) is 22.1 Å². The molecule has 1 aliphatic rings. The van der Waals surface area contributed by atoms with E-state index in [2.05, 4.69) is 36.2 Å². The monoisotopic (exact) mass is 511 g/mol. The fourth-order valence-corrected chi connectivity index (χ4v) is 4.72. The molecular formula is C26H22ClN9O. The highest BCUT2D eigenvalue weighted by atomic mass is 35.5. The lowest BCUT2D eigenvalue weighted by molar-refractivity contribution is 0.483. The summed E-state index contributed by atoms with van der Waals surface area (Å²) in [4.78, 5) is 24.4. The lowest BCUT2D eigenvalue weighted by atomic mass is 10.1. The van der Waals surface area contributed by atoms with Gasteiger partial charge in [0.15, 0.2) is 5.82 Å². The number of fused-ring (bicyclic) bond motifs is 2. The molecule has 2 aromatic carbocycles. The molecule has 0 bridgehead atoms. The van der Waals surface area contributed by atoms with Crippen molar-refractivity contribution in [3.05, 3.63) is 60.3 Å². The number of hydrogen-bond donors (Lipinski definition) is 1. The van der Waals surface area contributed by atoms with Gasteiger partial charge in [0, 0.05) is 38.3 Å². The maximum Gasteiger partial charge on any atom is 0.226 e. The van der Waals surface area contributed by atoms with Crippen molar-refractivity contribution in [3.63, 3.8) is 0 Å². The average Bonchev–Trinajstić information content (AvgIpc) is 3.52. The van der Waals surface area contributed by atoms with E-state index in [1.165, 1.54) is 6.33 Å². The molecule has 3 aromatic heterocycles. The molecule has 0 spiro atoms. The Kier molecular flexibility index (Phi) is 5.90. The Morgan fingerprint density at radius 1 is 1.14 bits per heavy atom. The Morgan fingerprint density at radius 3 is 2.92 bits per heavy atom. The number of nitrogens with one attached hydrogen (secondary N) is 1. The van der Waals surface area contributed by atoms with Gasteiger partial charge in [0.2, 0.25) is 5.95 Å². The van der Waals surface area contributed by atoms with Gasteiger partial charge in [-0.25, -0.2) is 24.9 Å². The van der Waals surface area contributed by atoms with E-state index in [1.807, 2.05) is 35.9 Å². The lowest BCUT2D eigenvalue weighted by Crippen LogP contribution is -2.22. The summed E-state index contributed by atoms with van der Waals surface area (Å²) < 4.78 is 7.97. The Morgan fingerprint density at radius 2 is 2.05 bits per heavy atom. The summed E-state index contributed by atoms with van der Waals surface area (Å²) in [5.74, 6) is 2.67. The second kappa shape index (κ2) is 9.52. The maximum absolute atomic E-state index is 9.01. The summed E-state index contributed by atoms with van der Waals surface area (Å²) in [5, 5.41) is 12.7. The molecule has 11 heteroatoms. The minimum absolute atomic E-state index is 0.336. The summed E-state index contributed by atoms with van der Waals surface area (Å²) >= 11 is 6.56. The van der Waals surface area contributed by atoms with E-state index in [-0.39, 0.29) is 0 Å². The van der Waals surface area contributed by atoms with Crippen LogP contribution >= 0.6 is 11.6 Å². The van der Waals surface area contributed by atoms with Gasteiger partial charge in [0.05, 0.1) is 34.6 Å². The first-order valence-electron chi connectivity index (χ1n) is 11.8. The molecular weight excluding hydrogens is 490 g/mol. The van der Waals surface area contributed by atoms with E-state index in [9.17, 15) is 0 Å². The van der Waals surface area contributed by atoms with Crippen LogP contribution < -0.4 is 15.0 Å². The zero-order valence-corrected chi connectivity index (χ0v) is 20.7. The van der Waals surface area contributed by atoms with Gasteiger partial charge in [0.1, 0.15) is 28.9 Å². The topological polar surface area (TPSA) is 118 Å². The van der Waals surface area contributed by atoms with E-state index < -0.39 is 0 Å². The molecule has 5 aromatic rings. The molecule has 1 N–H and O–H groups in total. The number of benzene rings is 2. The largest absolute Gasteiger partial charge is 0.456 e. The molecule has 4 heterocycles. The number of nitrogens with zero attached hydrogens (tertiary/aromatic N) is 8. The first-order valence-corrected chi connectivity index (χ1v) is 12.2. The number of halogens is 1. The predicted octanol–water partition coefficient (Wildman–Crippen LogP) is 5.24. The molecule has 37 heavy (non-hydrogen) atoms. The van der Waals surface area contributed by atoms with Gasteiger partial charge in [0.25, 0.3) is 0 Å². The number of ether oxygens (including phenoxy) is 1. The third-order valence-electron chi connectivity index (χ3n) is 6.43. The van der Waals surface area contributed by atoms with Gasteiger partial charge in [-0.2, -0.15) is 5.26 Å². The normalized spacial score (nSPS) is 15.3. The Hall–Kier alpha value is -4.49. The van der Waals surface area contributed by atoms with Crippen molar-refractivity contribution >= 4 is 51.1 Å². The third-order valence-corrected chi connectivity index (χ3v) is 6.73. The number of hydrogen-bond acceptors (Lipinski definition) is 9. The summed E-state index contributed by atoms with van der Waals surface area (Å²) in [5.41, 5.74) is 3.84. The number of anilines is 3. The fraction of sp³-hybridized carbons (Fsp3) is 0.231. The number of imidazole rings is 1. The van der Waals surface area contributed by atoms with Crippen LogP contribution in [0.1, 0.15) is 12.8 Å². The second-order valence-electron chi connectivity index (χ2n) is 8.97. The van der Waals surface area contributed by atoms with E-state index in [0.717, 1.165) is 36.2 Å². The van der Waals surface area contributed by atoms with E-state index in [0.29, 0.717) is 51.7 Å². The lowest BCUT2D eigenvalue weighted by Gasteiger charge is -2.16. The minimum Gasteiger partial charge on any atom is -0.456 e. The summed E-state index contributed by atoms with van der Waals surface area (Å²) in [6.45, 7) is 1.58. The highest BCUT2D eigenvalue weighted by Gasteiger charge is 2.24. The molecule has 0 radical (unpaired) electrons. The molecule has 6 rings (SSSR count). The maximum atomic E-state index is 9.01. The van der Waals surface area contributed by atoms with E-state index in [4.69, 9.17) is 26.6 Å². The number of nitriles is 1. The van der Waals surface area contributed by atoms with Gasteiger partial charge in [-0.15, -0.1) is 0 Å². The molecule has 184 valence electrons. The van der Waals surface area contributed by atoms with Crippen molar-refractivity contribution in [2.24, 2.45) is 13.0 Å². The quantitative estimate of drug-likeness (QED) is 0.326. The van der Waals surface area contributed by atoms with Crippen molar-refractivity contribution in [1.82, 2.24) is 29.5 Å². The molecule has 1 atom stereocenters. The van der Waals surface area contributed by atoms with Crippen LogP contribution in [-0.4, -0.2) is 42.6 Å². The average molecular weight is 512 g/mol. The first-order chi connectivity index (χ1) is 18.1. The zero-order valence-electron chi connectivity index (χ0n) is 20.0. The van der Waals surface area contributed by atoms with Gasteiger partial charge >= 0.3 is 0 Å². The summed E-state index contributed by atoms with van der Waals surface area (Å²) in [6.07, 6.45) is 6.43. The SMILES string of the molecule is Cn1cnc2cc(Oc3ccc(Nc4ncnc5cnc(N6CC[C@H](CC#N)C6)nc45)cc3Cl)ccc21. The summed E-state index contributed by atoms with van der Waals surface area (Å²) in [7, 11) is 1.95. The first kappa shape index (κ1) is 22.9. The van der Waals surface area contributed by atoms with Gasteiger partial charge in [-0.05, 0) is 42.7 Å². The van der Waals surface area contributed by atoms with Gasteiger partial charge in [-0.3, -0.25) is 0 Å². The van der Waals surface area contributed by atoms with Crippen molar-refractivity contribution < 1.29 is 4.74 Å². The number of rotatable bonds is 6. The van der Waals surface area contributed by atoms with E-state index >= 15 is 0 Å².